The normalized spacial score (nSPS) is 31.8. The van der Waals surface area contributed by atoms with E-state index in [9.17, 15) is 4.79 Å². The van der Waals surface area contributed by atoms with Crippen molar-refractivity contribution in [1.82, 2.24) is 19.9 Å². The van der Waals surface area contributed by atoms with Crippen molar-refractivity contribution < 1.29 is 4.79 Å². The maximum absolute atomic E-state index is 11.9. The summed E-state index contributed by atoms with van der Waals surface area (Å²) in [6.07, 6.45) is 8.39. The molecule has 5 nitrogen and oxygen atoms in total. The molecule has 2 aliphatic rings. The topological polar surface area (TPSA) is 51.0 Å². The standard InChI is InChI=1S/C12H18N4O/c1-2-12(17)15-9-3-4-10(15)8-11(7-9)16-13-5-6-14-16/h5-6,9-11H,2-4,7-8H2,1H3. The molecule has 92 valence electrons. The molecule has 17 heavy (non-hydrogen) atoms. The molecule has 1 aromatic heterocycles. The van der Waals surface area contributed by atoms with Crippen LogP contribution in [-0.4, -0.2) is 37.9 Å². The average Bonchev–Trinajstić information content (AvgIpc) is 2.95. The lowest BCUT2D eigenvalue weighted by Gasteiger charge is -2.38. The average molecular weight is 234 g/mol. The Balaban J connectivity index is 1.77. The molecule has 0 spiro atoms. The SMILES string of the molecule is CCC(=O)N1C2CCC1CC(n1nccn1)C2. The zero-order valence-corrected chi connectivity index (χ0v) is 10.1. The molecule has 1 aromatic rings. The lowest BCUT2D eigenvalue weighted by atomic mass is 9.97. The van der Waals surface area contributed by atoms with E-state index >= 15 is 0 Å². The molecule has 5 heteroatoms. The number of piperidine rings is 1. The van der Waals surface area contributed by atoms with Crippen LogP contribution in [0.1, 0.15) is 45.1 Å². The van der Waals surface area contributed by atoms with Crippen LogP contribution in [0.15, 0.2) is 12.4 Å². The number of carbonyl (C=O) groups is 1. The highest BCUT2D eigenvalue weighted by Gasteiger charge is 2.43. The lowest BCUT2D eigenvalue weighted by Crippen LogP contribution is -2.46. The van der Waals surface area contributed by atoms with Gasteiger partial charge in [0.1, 0.15) is 0 Å². The zero-order valence-electron chi connectivity index (χ0n) is 10.1. The number of fused-ring (bicyclic) bond motifs is 2. The van der Waals surface area contributed by atoms with Gasteiger partial charge in [-0.3, -0.25) is 4.79 Å². The minimum Gasteiger partial charge on any atom is -0.337 e. The summed E-state index contributed by atoms with van der Waals surface area (Å²) in [5, 5.41) is 8.46. The number of hydrogen-bond donors (Lipinski definition) is 0. The summed E-state index contributed by atoms with van der Waals surface area (Å²) in [6, 6.07) is 1.21. The molecule has 2 saturated heterocycles. The molecular weight excluding hydrogens is 216 g/mol. The zero-order chi connectivity index (χ0) is 11.8. The van der Waals surface area contributed by atoms with Crippen LogP contribution in [0, 0.1) is 0 Å². The molecule has 3 rings (SSSR count). The maximum atomic E-state index is 11.9. The smallest absolute Gasteiger partial charge is 0.222 e. The van der Waals surface area contributed by atoms with E-state index in [0.29, 0.717) is 30.5 Å². The molecule has 0 saturated carbocycles. The number of rotatable bonds is 2. The van der Waals surface area contributed by atoms with Gasteiger partial charge in [-0.2, -0.15) is 15.0 Å². The van der Waals surface area contributed by atoms with Crippen molar-refractivity contribution in [3.63, 3.8) is 0 Å². The second kappa shape index (κ2) is 4.13. The third-order valence-electron chi connectivity index (χ3n) is 4.06. The fraction of sp³-hybridized carbons (Fsp3) is 0.750. The Kier molecular flexibility index (Phi) is 2.61. The van der Waals surface area contributed by atoms with Crippen LogP contribution in [0.5, 0.6) is 0 Å². The van der Waals surface area contributed by atoms with Gasteiger partial charge < -0.3 is 4.90 Å². The van der Waals surface area contributed by atoms with E-state index in [-0.39, 0.29) is 0 Å². The van der Waals surface area contributed by atoms with Crippen LogP contribution >= 0.6 is 0 Å². The summed E-state index contributed by atoms with van der Waals surface area (Å²) >= 11 is 0. The van der Waals surface area contributed by atoms with Crippen molar-refractivity contribution in [1.29, 1.82) is 0 Å². The Hall–Kier alpha value is -1.39. The van der Waals surface area contributed by atoms with E-state index in [0.717, 1.165) is 25.7 Å². The van der Waals surface area contributed by atoms with Gasteiger partial charge in [0.25, 0.3) is 0 Å². The van der Waals surface area contributed by atoms with Crippen molar-refractivity contribution in [3.8, 4) is 0 Å². The third-order valence-corrected chi connectivity index (χ3v) is 4.06. The van der Waals surface area contributed by atoms with E-state index in [4.69, 9.17) is 0 Å². The molecule has 2 atom stereocenters. The first-order valence-electron chi connectivity index (χ1n) is 6.46. The van der Waals surface area contributed by atoms with E-state index in [2.05, 4.69) is 15.1 Å². The predicted molar refractivity (Wildman–Crippen MR) is 62.2 cm³/mol. The largest absolute Gasteiger partial charge is 0.337 e. The van der Waals surface area contributed by atoms with Gasteiger partial charge in [0.2, 0.25) is 5.91 Å². The highest BCUT2D eigenvalue weighted by molar-refractivity contribution is 5.77. The van der Waals surface area contributed by atoms with Gasteiger partial charge in [0.15, 0.2) is 0 Å². The molecule has 0 radical (unpaired) electrons. The van der Waals surface area contributed by atoms with Crippen LogP contribution in [0.25, 0.3) is 0 Å². The van der Waals surface area contributed by atoms with Gasteiger partial charge in [0, 0.05) is 18.5 Å². The first kappa shape index (κ1) is 10.7. The Morgan fingerprint density at radius 2 is 1.76 bits per heavy atom. The van der Waals surface area contributed by atoms with E-state index < -0.39 is 0 Å². The van der Waals surface area contributed by atoms with Crippen molar-refractivity contribution in [2.24, 2.45) is 0 Å². The molecule has 2 fully saturated rings. The Morgan fingerprint density at radius 3 is 2.29 bits per heavy atom. The summed E-state index contributed by atoms with van der Waals surface area (Å²) in [7, 11) is 0. The van der Waals surface area contributed by atoms with Gasteiger partial charge in [-0.05, 0) is 25.7 Å². The first-order chi connectivity index (χ1) is 8.29. The molecule has 0 aromatic carbocycles. The maximum Gasteiger partial charge on any atom is 0.222 e. The van der Waals surface area contributed by atoms with Crippen LogP contribution < -0.4 is 0 Å². The van der Waals surface area contributed by atoms with E-state index in [1.54, 1.807) is 12.4 Å². The number of aromatic nitrogens is 3. The van der Waals surface area contributed by atoms with Crippen molar-refractivity contribution in [2.75, 3.05) is 0 Å². The van der Waals surface area contributed by atoms with E-state index in [1.165, 1.54) is 0 Å². The highest BCUT2D eigenvalue weighted by atomic mass is 16.2. The van der Waals surface area contributed by atoms with Gasteiger partial charge in [0.05, 0.1) is 18.4 Å². The number of amides is 1. The Morgan fingerprint density at radius 1 is 1.18 bits per heavy atom. The molecule has 0 aliphatic carbocycles. The Labute approximate surface area is 101 Å². The van der Waals surface area contributed by atoms with Gasteiger partial charge in [-0.1, -0.05) is 6.92 Å². The molecule has 0 N–H and O–H groups in total. The van der Waals surface area contributed by atoms with Crippen molar-refractivity contribution in [2.45, 2.75) is 57.2 Å². The van der Waals surface area contributed by atoms with Crippen molar-refractivity contribution in [3.05, 3.63) is 12.4 Å². The van der Waals surface area contributed by atoms with Crippen molar-refractivity contribution >= 4 is 5.91 Å². The molecule has 2 unspecified atom stereocenters. The monoisotopic (exact) mass is 234 g/mol. The number of carbonyl (C=O) groups excluding carboxylic acids is 1. The van der Waals surface area contributed by atoms with Crippen LogP contribution in [-0.2, 0) is 4.79 Å². The van der Waals surface area contributed by atoms with E-state index in [1.807, 2.05) is 11.7 Å². The quantitative estimate of drug-likeness (QED) is 0.777. The highest BCUT2D eigenvalue weighted by Crippen LogP contribution is 2.40. The fourth-order valence-corrected chi connectivity index (χ4v) is 3.34. The van der Waals surface area contributed by atoms with Crippen LogP contribution in [0.4, 0.5) is 0 Å². The lowest BCUT2D eigenvalue weighted by molar-refractivity contribution is -0.136. The summed E-state index contributed by atoms with van der Waals surface area (Å²) < 4.78 is 0. The first-order valence-corrected chi connectivity index (χ1v) is 6.46. The van der Waals surface area contributed by atoms with Gasteiger partial charge >= 0.3 is 0 Å². The Bertz CT molecular complexity index is 389. The summed E-state index contributed by atoms with van der Waals surface area (Å²) in [4.78, 5) is 15.9. The molecule has 2 bridgehead atoms. The summed E-state index contributed by atoms with van der Waals surface area (Å²) in [5.41, 5.74) is 0. The minimum absolute atomic E-state index is 0.310. The summed E-state index contributed by atoms with van der Waals surface area (Å²) in [6.45, 7) is 1.95. The third kappa shape index (κ3) is 1.73. The fourth-order valence-electron chi connectivity index (χ4n) is 3.34. The molecule has 1 amide bonds. The predicted octanol–water partition coefficient (Wildman–Crippen LogP) is 1.38. The summed E-state index contributed by atoms with van der Waals surface area (Å²) in [5.74, 6) is 0.310. The molecule has 2 aliphatic heterocycles. The number of hydrogen-bond acceptors (Lipinski definition) is 3. The second-order valence-electron chi connectivity index (χ2n) is 5.01. The van der Waals surface area contributed by atoms with Crippen LogP contribution in [0.2, 0.25) is 0 Å². The van der Waals surface area contributed by atoms with Gasteiger partial charge in [-0.25, -0.2) is 0 Å². The minimum atomic E-state index is 0.310. The molecular formula is C12H18N4O. The number of nitrogens with zero attached hydrogens (tertiary/aromatic N) is 4. The second-order valence-corrected chi connectivity index (χ2v) is 5.01. The van der Waals surface area contributed by atoms with Crippen LogP contribution in [0.3, 0.4) is 0 Å². The molecule has 3 heterocycles. The van der Waals surface area contributed by atoms with Gasteiger partial charge in [-0.15, -0.1) is 0 Å².